The van der Waals surface area contributed by atoms with E-state index in [0.717, 1.165) is 23.7 Å². The number of benzene rings is 1. The number of ether oxygens (including phenoxy) is 1. The Labute approximate surface area is 193 Å². The number of methoxy groups -OCH3 is 1. The second kappa shape index (κ2) is 9.26. The summed E-state index contributed by atoms with van der Waals surface area (Å²) in [5.41, 5.74) is 0.0736. The molecule has 8 heteroatoms. The number of nitrogens with one attached hydrogen (secondary N) is 3. The highest BCUT2D eigenvalue weighted by Gasteiger charge is 2.38. The molecule has 1 aromatic heterocycles. The number of hydrogen-bond donors (Lipinski definition) is 3. The molecule has 2 aliphatic rings. The van der Waals surface area contributed by atoms with Crippen LogP contribution in [0.15, 0.2) is 24.3 Å². The summed E-state index contributed by atoms with van der Waals surface area (Å²) in [6.07, 6.45) is 3.70. The summed E-state index contributed by atoms with van der Waals surface area (Å²) in [4.78, 5) is 41.5. The Morgan fingerprint density at radius 2 is 2.12 bits per heavy atom. The zero-order valence-electron chi connectivity index (χ0n) is 19.1. The van der Waals surface area contributed by atoms with Crippen LogP contribution < -0.4 is 15.4 Å². The minimum atomic E-state index is -1.16. The number of ketones is 1. The molecule has 2 amide bonds. The number of carbonyl (C=O) groups is 3. The molecule has 2 fully saturated rings. The molecular weight excluding hydrogens is 420 g/mol. The topological polar surface area (TPSA) is 124 Å². The first-order valence-corrected chi connectivity index (χ1v) is 11.5. The molecule has 0 spiro atoms. The summed E-state index contributed by atoms with van der Waals surface area (Å²) >= 11 is 0. The molecule has 0 radical (unpaired) electrons. The van der Waals surface area contributed by atoms with Gasteiger partial charge in [-0.15, -0.1) is 0 Å². The van der Waals surface area contributed by atoms with Crippen LogP contribution in [0.4, 0.5) is 0 Å². The maximum atomic E-state index is 13.2. The molecule has 1 saturated heterocycles. The van der Waals surface area contributed by atoms with Crippen molar-refractivity contribution in [2.24, 2.45) is 17.8 Å². The van der Waals surface area contributed by atoms with Crippen LogP contribution in [0, 0.1) is 29.1 Å². The first-order valence-electron chi connectivity index (χ1n) is 11.5. The van der Waals surface area contributed by atoms with Crippen molar-refractivity contribution >= 4 is 28.5 Å². The van der Waals surface area contributed by atoms with Crippen molar-refractivity contribution in [1.82, 2.24) is 15.6 Å². The molecule has 3 N–H and O–H groups in total. The molecule has 33 heavy (non-hydrogen) atoms. The summed E-state index contributed by atoms with van der Waals surface area (Å²) in [5, 5.41) is 16.2. The Kier molecular flexibility index (Phi) is 6.41. The fraction of sp³-hybridized carbons (Fsp3) is 0.520. The first-order chi connectivity index (χ1) is 15.8. The van der Waals surface area contributed by atoms with Gasteiger partial charge < -0.3 is 20.4 Å². The fourth-order valence-corrected chi connectivity index (χ4v) is 4.66. The van der Waals surface area contributed by atoms with Gasteiger partial charge in [0.15, 0.2) is 5.78 Å². The quantitative estimate of drug-likeness (QED) is 0.480. The second-order valence-electron chi connectivity index (χ2n) is 9.52. The minimum absolute atomic E-state index is 0.0584. The Morgan fingerprint density at radius 1 is 1.33 bits per heavy atom. The zero-order chi connectivity index (χ0) is 23.6. The van der Waals surface area contributed by atoms with Crippen molar-refractivity contribution < 1.29 is 19.1 Å². The van der Waals surface area contributed by atoms with Gasteiger partial charge in [0.05, 0.1) is 18.9 Å². The highest BCUT2D eigenvalue weighted by atomic mass is 16.5. The van der Waals surface area contributed by atoms with E-state index in [-0.39, 0.29) is 36.4 Å². The van der Waals surface area contributed by atoms with Crippen molar-refractivity contribution in [3.63, 3.8) is 0 Å². The van der Waals surface area contributed by atoms with Crippen molar-refractivity contribution in [3.05, 3.63) is 30.0 Å². The number of aromatic amines is 1. The number of amides is 2. The molecule has 1 aliphatic heterocycles. The Balaban J connectivity index is 1.48. The monoisotopic (exact) mass is 450 g/mol. The third kappa shape index (κ3) is 5.19. The molecule has 1 aromatic carbocycles. The molecule has 2 aromatic rings. The van der Waals surface area contributed by atoms with Crippen molar-refractivity contribution in [1.29, 1.82) is 5.26 Å². The fourth-order valence-electron chi connectivity index (χ4n) is 4.66. The van der Waals surface area contributed by atoms with Crippen molar-refractivity contribution in [3.8, 4) is 11.8 Å². The van der Waals surface area contributed by atoms with Crippen molar-refractivity contribution in [2.75, 3.05) is 13.7 Å². The van der Waals surface area contributed by atoms with Crippen LogP contribution in [0.1, 0.15) is 55.9 Å². The highest BCUT2D eigenvalue weighted by molar-refractivity contribution is 6.02. The summed E-state index contributed by atoms with van der Waals surface area (Å²) in [5.74, 6) is -0.233. The van der Waals surface area contributed by atoms with Crippen LogP contribution in [0.25, 0.3) is 10.9 Å². The number of rotatable bonds is 10. The predicted octanol–water partition coefficient (Wildman–Crippen LogP) is 3.09. The SMILES string of the molecule is COc1cccc2[nH]c(C(=O)C[C@@H](CC3CC3)C(=O)N[C@](C)(C#N)CC3CCNC3=O)cc12. The Hall–Kier alpha value is -3.34. The standard InChI is InChI=1S/C25H30N4O4/c1-25(14-26,13-16-8-9-27-23(16)31)29-24(32)17(10-15-6-7-15)11-21(30)20-12-18-19(28-20)4-3-5-22(18)33-2/h3-5,12,15-17,28H,6-11,13H2,1-2H3,(H,27,31)(H,29,32)/t16?,17-,25+/m1/s1. The minimum Gasteiger partial charge on any atom is -0.496 e. The van der Waals surface area contributed by atoms with Crippen molar-refractivity contribution in [2.45, 2.75) is 51.0 Å². The van der Waals surface area contributed by atoms with Gasteiger partial charge in [-0.2, -0.15) is 5.26 Å². The smallest absolute Gasteiger partial charge is 0.224 e. The van der Waals surface area contributed by atoms with E-state index in [1.165, 1.54) is 0 Å². The molecule has 1 saturated carbocycles. The largest absolute Gasteiger partial charge is 0.496 e. The molecule has 8 nitrogen and oxygen atoms in total. The van der Waals surface area contributed by atoms with Crippen LogP contribution in [0.2, 0.25) is 0 Å². The number of Topliss-reactive ketones (excluding diaryl/α,β-unsaturated/α-hetero) is 1. The highest BCUT2D eigenvalue weighted by Crippen LogP contribution is 2.37. The second-order valence-corrected chi connectivity index (χ2v) is 9.52. The third-order valence-electron chi connectivity index (χ3n) is 6.73. The number of nitriles is 1. The maximum Gasteiger partial charge on any atom is 0.224 e. The zero-order valence-corrected chi connectivity index (χ0v) is 19.1. The molecule has 3 atom stereocenters. The van der Waals surface area contributed by atoms with E-state index in [0.29, 0.717) is 36.7 Å². The molecule has 4 rings (SSSR count). The lowest BCUT2D eigenvalue weighted by Crippen LogP contribution is -2.49. The van der Waals surface area contributed by atoms with Gasteiger partial charge in [-0.1, -0.05) is 18.9 Å². The normalized spacial score (nSPS) is 20.5. The van der Waals surface area contributed by atoms with Gasteiger partial charge in [-0.05, 0) is 50.3 Å². The van der Waals surface area contributed by atoms with E-state index >= 15 is 0 Å². The Bertz CT molecular complexity index is 1110. The van der Waals surface area contributed by atoms with Crippen LogP contribution in [0.5, 0.6) is 5.75 Å². The van der Waals surface area contributed by atoms with E-state index < -0.39 is 11.5 Å². The van der Waals surface area contributed by atoms with Crippen LogP contribution in [-0.2, 0) is 9.59 Å². The number of nitrogens with zero attached hydrogens (tertiary/aromatic N) is 1. The average molecular weight is 451 g/mol. The summed E-state index contributed by atoms with van der Waals surface area (Å²) in [6, 6.07) is 9.50. The number of hydrogen-bond acceptors (Lipinski definition) is 5. The third-order valence-corrected chi connectivity index (χ3v) is 6.73. The number of carbonyl (C=O) groups excluding carboxylic acids is 3. The van der Waals surface area contributed by atoms with Gasteiger partial charge in [0, 0.05) is 35.7 Å². The predicted molar refractivity (Wildman–Crippen MR) is 123 cm³/mol. The van der Waals surface area contributed by atoms with E-state index in [1.54, 1.807) is 20.1 Å². The van der Waals surface area contributed by atoms with Crippen LogP contribution >= 0.6 is 0 Å². The molecule has 0 bridgehead atoms. The lowest BCUT2D eigenvalue weighted by Gasteiger charge is -2.28. The van der Waals surface area contributed by atoms with E-state index in [4.69, 9.17) is 4.74 Å². The molecular formula is C25H30N4O4. The van der Waals surface area contributed by atoms with Gasteiger partial charge >= 0.3 is 0 Å². The number of aromatic nitrogens is 1. The average Bonchev–Trinajstić information content (AvgIpc) is 3.36. The lowest BCUT2D eigenvalue weighted by atomic mass is 9.87. The van der Waals surface area contributed by atoms with Gasteiger partial charge in [0.25, 0.3) is 0 Å². The number of fused-ring (bicyclic) bond motifs is 1. The molecule has 2 heterocycles. The van der Waals surface area contributed by atoms with E-state index in [1.807, 2.05) is 18.2 Å². The Morgan fingerprint density at radius 3 is 2.76 bits per heavy atom. The summed E-state index contributed by atoms with van der Waals surface area (Å²) < 4.78 is 5.38. The van der Waals surface area contributed by atoms with Gasteiger partial charge in [-0.3, -0.25) is 14.4 Å². The van der Waals surface area contributed by atoms with Crippen LogP contribution in [-0.4, -0.2) is 41.8 Å². The maximum absolute atomic E-state index is 13.2. The van der Waals surface area contributed by atoms with E-state index in [9.17, 15) is 19.6 Å². The van der Waals surface area contributed by atoms with Crippen LogP contribution in [0.3, 0.4) is 0 Å². The summed E-state index contributed by atoms with van der Waals surface area (Å²) in [7, 11) is 1.58. The molecule has 1 unspecified atom stereocenters. The summed E-state index contributed by atoms with van der Waals surface area (Å²) in [6.45, 7) is 2.24. The van der Waals surface area contributed by atoms with Gasteiger partial charge in [0.2, 0.25) is 11.8 Å². The van der Waals surface area contributed by atoms with Gasteiger partial charge in [0.1, 0.15) is 11.3 Å². The molecule has 174 valence electrons. The number of H-pyrrole nitrogens is 1. The molecule has 1 aliphatic carbocycles. The first kappa shape index (κ1) is 22.8. The van der Waals surface area contributed by atoms with Gasteiger partial charge in [-0.25, -0.2) is 0 Å². The lowest BCUT2D eigenvalue weighted by molar-refractivity contribution is -0.128. The van der Waals surface area contributed by atoms with E-state index in [2.05, 4.69) is 21.7 Å².